The normalized spacial score (nSPS) is 19.8. The van der Waals surface area contributed by atoms with Crippen LogP contribution in [0.2, 0.25) is 0 Å². The molecule has 0 aliphatic carbocycles. The van der Waals surface area contributed by atoms with Crippen molar-refractivity contribution in [2.24, 2.45) is 0 Å². The summed E-state index contributed by atoms with van der Waals surface area (Å²) in [6.07, 6.45) is 1.99. The maximum absolute atomic E-state index is 15.0. The average Bonchev–Trinajstić information content (AvgIpc) is 2.94. The first-order valence-electron chi connectivity index (χ1n) is 7.93. The van der Waals surface area contributed by atoms with Crippen LogP contribution in [0.15, 0.2) is 36.5 Å². The van der Waals surface area contributed by atoms with Gasteiger partial charge in [0.25, 0.3) is 5.91 Å². The van der Waals surface area contributed by atoms with E-state index in [0.717, 1.165) is 0 Å². The number of piperidine rings is 1. The Kier molecular flexibility index (Phi) is 3.56. The average molecular weight is 339 g/mol. The topological polar surface area (TPSA) is 79.4 Å². The molecule has 1 atom stereocenters. The standard InChI is InChI=1S/C18H14FN3O3/c19-16-11(13-3-1-2-8-20-13)5-4-10-12(16)9-22(18(10)25)14-6-7-15(23)21-17(14)24/h1-5,8,14H,6-7,9H2,(H,21,23,24). The van der Waals surface area contributed by atoms with Crippen molar-refractivity contribution in [2.45, 2.75) is 25.4 Å². The molecule has 1 saturated heterocycles. The van der Waals surface area contributed by atoms with Gasteiger partial charge in [0.15, 0.2) is 0 Å². The fraction of sp³-hybridized carbons (Fsp3) is 0.222. The molecule has 126 valence electrons. The van der Waals surface area contributed by atoms with Crippen LogP contribution >= 0.6 is 0 Å². The molecule has 1 fully saturated rings. The Bertz CT molecular complexity index is 898. The molecule has 2 aliphatic rings. The predicted octanol–water partition coefficient (Wildman–Crippen LogP) is 1.65. The number of nitrogens with one attached hydrogen (secondary N) is 1. The van der Waals surface area contributed by atoms with Gasteiger partial charge in [0.1, 0.15) is 11.9 Å². The van der Waals surface area contributed by atoms with Crippen LogP contribution in [0.5, 0.6) is 0 Å². The quantitative estimate of drug-likeness (QED) is 0.844. The molecule has 3 amide bonds. The fourth-order valence-corrected chi connectivity index (χ4v) is 3.32. The highest BCUT2D eigenvalue weighted by Crippen LogP contribution is 2.33. The number of aromatic nitrogens is 1. The second-order valence-electron chi connectivity index (χ2n) is 6.07. The van der Waals surface area contributed by atoms with Crippen LogP contribution in [-0.2, 0) is 16.1 Å². The molecule has 0 radical (unpaired) electrons. The van der Waals surface area contributed by atoms with E-state index in [0.29, 0.717) is 11.3 Å². The Balaban J connectivity index is 1.69. The number of hydrogen-bond donors (Lipinski definition) is 1. The highest BCUT2D eigenvalue weighted by molar-refractivity contribution is 6.05. The summed E-state index contributed by atoms with van der Waals surface area (Å²) in [4.78, 5) is 41.4. The van der Waals surface area contributed by atoms with E-state index in [1.165, 1.54) is 11.0 Å². The second kappa shape index (κ2) is 5.77. The van der Waals surface area contributed by atoms with Gasteiger partial charge in [-0.1, -0.05) is 6.07 Å². The van der Waals surface area contributed by atoms with E-state index in [2.05, 4.69) is 10.3 Å². The number of nitrogens with zero attached hydrogens (tertiary/aromatic N) is 2. The fourth-order valence-electron chi connectivity index (χ4n) is 3.32. The lowest BCUT2D eigenvalue weighted by Gasteiger charge is -2.29. The van der Waals surface area contributed by atoms with Crippen LogP contribution < -0.4 is 5.32 Å². The number of halogens is 1. The number of imide groups is 1. The molecule has 7 heteroatoms. The van der Waals surface area contributed by atoms with Crippen molar-refractivity contribution < 1.29 is 18.8 Å². The van der Waals surface area contributed by atoms with Crippen LogP contribution in [0.4, 0.5) is 4.39 Å². The molecule has 1 N–H and O–H groups in total. The number of hydrogen-bond acceptors (Lipinski definition) is 4. The molecule has 4 rings (SSSR count). The first-order valence-corrected chi connectivity index (χ1v) is 7.93. The maximum Gasteiger partial charge on any atom is 0.255 e. The first-order chi connectivity index (χ1) is 12.1. The number of carbonyl (C=O) groups excluding carboxylic acids is 3. The Morgan fingerprint density at radius 2 is 1.92 bits per heavy atom. The summed E-state index contributed by atoms with van der Waals surface area (Å²) in [6.45, 7) is 0.00690. The molecule has 0 spiro atoms. The Morgan fingerprint density at radius 1 is 1.12 bits per heavy atom. The van der Waals surface area contributed by atoms with E-state index < -0.39 is 23.7 Å². The zero-order valence-corrected chi connectivity index (χ0v) is 13.2. The van der Waals surface area contributed by atoms with Crippen LogP contribution in [0.3, 0.4) is 0 Å². The van der Waals surface area contributed by atoms with E-state index in [1.807, 2.05) is 0 Å². The van der Waals surface area contributed by atoms with E-state index in [9.17, 15) is 18.8 Å². The van der Waals surface area contributed by atoms with Crippen molar-refractivity contribution in [1.29, 1.82) is 0 Å². The third-order valence-electron chi connectivity index (χ3n) is 4.59. The highest BCUT2D eigenvalue weighted by atomic mass is 19.1. The summed E-state index contributed by atoms with van der Waals surface area (Å²) in [5.41, 5.74) is 1.31. The van der Waals surface area contributed by atoms with Gasteiger partial charge in [-0.3, -0.25) is 24.7 Å². The van der Waals surface area contributed by atoms with Gasteiger partial charge in [-0.25, -0.2) is 4.39 Å². The zero-order valence-electron chi connectivity index (χ0n) is 13.2. The third-order valence-corrected chi connectivity index (χ3v) is 4.59. The smallest absolute Gasteiger partial charge is 0.255 e. The molecule has 0 saturated carbocycles. The van der Waals surface area contributed by atoms with Crippen LogP contribution in [-0.4, -0.2) is 33.6 Å². The number of pyridine rings is 1. The summed E-state index contributed by atoms with van der Waals surface area (Å²) in [6, 6.07) is 7.53. The lowest BCUT2D eigenvalue weighted by molar-refractivity contribution is -0.136. The van der Waals surface area contributed by atoms with Gasteiger partial charge < -0.3 is 4.90 Å². The number of carbonyl (C=O) groups is 3. The number of benzene rings is 1. The minimum absolute atomic E-state index is 0.00690. The van der Waals surface area contributed by atoms with Gasteiger partial charge in [0.05, 0.1) is 12.2 Å². The molecular formula is C18H14FN3O3. The van der Waals surface area contributed by atoms with Gasteiger partial charge in [-0.05, 0) is 30.7 Å². The van der Waals surface area contributed by atoms with E-state index >= 15 is 0 Å². The first kappa shape index (κ1) is 15.4. The summed E-state index contributed by atoms with van der Waals surface area (Å²) >= 11 is 0. The summed E-state index contributed by atoms with van der Waals surface area (Å²) in [5, 5.41) is 2.23. The monoisotopic (exact) mass is 339 g/mol. The molecule has 25 heavy (non-hydrogen) atoms. The highest BCUT2D eigenvalue weighted by Gasteiger charge is 2.40. The van der Waals surface area contributed by atoms with Gasteiger partial charge in [0.2, 0.25) is 11.8 Å². The largest absolute Gasteiger partial charge is 0.322 e. The van der Waals surface area contributed by atoms with Crippen LogP contribution in [0, 0.1) is 5.82 Å². The van der Waals surface area contributed by atoms with Crippen LogP contribution in [0.1, 0.15) is 28.8 Å². The Hall–Kier alpha value is -3.09. The number of amides is 3. The minimum atomic E-state index is -0.754. The second-order valence-corrected chi connectivity index (χ2v) is 6.07. The third kappa shape index (κ3) is 2.48. The maximum atomic E-state index is 15.0. The molecule has 3 heterocycles. The van der Waals surface area contributed by atoms with Gasteiger partial charge in [0, 0.05) is 29.3 Å². The SMILES string of the molecule is O=C1CCC(N2Cc3c(ccc(-c4ccccn4)c3F)C2=O)C(=O)N1. The van der Waals surface area contributed by atoms with Gasteiger partial charge in [-0.2, -0.15) is 0 Å². The molecule has 2 aliphatic heterocycles. The summed E-state index contributed by atoms with van der Waals surface area (Å²) in [7, 11) is 0. The molecular weight excluding hydrogens is 325 g/mol. The Labute approximate surface area is 142 Å². The lowest BCUT2D eigenvalue weighted by atomic mass is 10.0. The predicted molar refractivity (Wildman–Crippen MR) is 85.7 cm³/mol. The van der Waals surface area contributed by atoms with Crippen molar-refractivity contribution in [3.63, 3.8) is 0 Å². The van der Waals surface area contributed by atoms with E-state index in [1.54, 1.807) is 30.5 Å². The zero-order chi connectivity index (χ0) is 17.6. The minimum Gasteiger partial charge on any atom is -0.322 e. The van der Waals surface area contributed by atoms with E-state index in [-0.39, 0.29) is 36.4 Å². The molecule has 0 bridgehead atoms. The van der Waals surface area contributed by atoms with Gasteiger partial charge in [-0.15, -0.1) is 0 Å². The van der Waals surface area contributed by atoms with Crippen molar-refractivity contribution in [3.05, 3.63) is 53.5 Å². The van der Waals surface area contributed by atoms with E-state index in [4.69, 9.17) is 0 Å². The molecule has 1 aromatic heterocycles. The molecule has 2 aromatic rings. The number of rotatable bonds is 2. The summed E-state index contributed by atoms with van der Waals surface area (Å²) in [5.74, 6) is -1.76. The van der Waals surface area contributed by atoms with Crippen molar-refractivity contribution in [3.8, 4) is 11.3 Å². The molecule has 1 aromatic carbocycles. The van der Waals surface area contributed by atoms with Gasteiger partial charge >= 0.3 is 0 Å². The lowest BCUT2D eigenvalue weighted by Crippen LogP contribution is -2.52. The number of fused-ring (bicyclic) bond motifs is 1. The van der Waals surface area contributed by atoms with Crippen molar-refractivity contribution in [2.75, 3.05) is 0 Å². The van der Waals surface area contributed by atoms with Crippen molar-refractivity contribution >= 4 is 17.7 Å². The molecule has 6 nitrogen and oxygen atoms in total. The molecule has 1 unspecified atom stereocenters. The summed E-state index contributed by atoms with van der Waals surface area (Å²) < 4.78 is 15.0. The van der Waals surface area contributed by atoms with Crippen LogP contribution in [0.25, 0.3) is 11.3 Å². The Morgan fingerprint density at radius 3 is 2.64 bits per heavy atom. The van der Waals surface area contributed by atoms with Crippen molar-refractivity contribution in [1.82, 2.24) is 15.2 Å².